The molecule has 0 bridgehead atoms. The first-order valence-electron chi connectivity index (χ1n) is 3.92. The maximum Gasteiger partial charge on any atom is 0.186 e. The Morgan fingerprint density at radius 3 is 2.54 bits per heavy atom. The molecule has 0 aliphatic heterocycles. The summed E-state index contributed by atoms with van der Waals surface area (Å²) in [6.07, 6.45) is 1.34. The van der Waals surface area contributed by atoms with Gasteiger partial charge in [-0.1, -0.05) is 30.3 Å². The maximum absolute atomic E-state index is 11.4. The van der Waals surface area contributed by atoms with Gasteiger partial charge in [-0.3, -0.25) is 4.79 Å². The molecule has 0 atom stereocenters. The molecule has 0 saturated carbocycles. The van der Waals surface area contributed by atoms with E-state index < -0.39 is 0 Å². The van der Waals surface area contributed by atoms with Crippen LogP contribution in [0.2, 0.25) is 0 Å². The van der Waals surface area contributed by atoms with Crippen LogP contribution in [0.1, 0.15) is 17.3 Å². The molecule has 0 aliphatic carbocycles. The third-order valence-corrected chi connectivity index (χ3v) is 1.58. The minimum absolute atomic E-state index is 0.125. The molecule has 0 spiro atoms. The zero-order chi connectivity index (χ0) is 9.68. The third kappa shape index (κ3) is 2.57. The molecule has 0 saturated heterocycles. The predicted octanol–water partition coefficient (Wildman–Crippen LogP) is 2.34. The van der Waals surface area contributed by atoms with Crippen LogP contribution in [-0.2, 0) is 0 Å². The first-order chi connectivity index (χ1) is 6.24. The number of hydrogen-bond donors (Lipinski definition) is 0. The standard InChI is InChI=1S/C11H9NO/c1-9(8-12)7-11(13)10-5-3-2-4-6-10/h2-7H,1H3/b9-7+. The number of carbonyl (C=O) groups excluding carboxylic acids is 1. The van der Waals surface area contributed by atoms with Gasteiger partial charge in [-0.25, -0.2) is 0 Å². The second-order valence-electron chi connectivity index (χ2n) is 2.67. The first-order valence-corrected chi connectivity index (χ1v) is 3.92. The molecule has 0 aliphatic rings. The lowest BCUT2D eigenvalue weighted by atomic mass is 10.1. The lowest BCUT2D eigenvalue weighted by Crippen LogP contribution is -1.94. The number of carbonyl (C=O) groups is 1. The molecule has 0 amide bonds. The summed E-state index contributed by atoms with van der Waals surface area (Å²) in [4.78, 5) is 11.4. The van der Waals surface area contributed by atoms with Crippen molar-refractivity contribution in [2.75, 3.05) is 0 Å². The van der Waals surface area contributed by atoms with E-state index in [1.54, 1.807) is 31.2 Å². The Bertz CT molecular complexity index is 371. The number of hydrogen-bond acceptors (Lipinski definition) is 2. The van der Waals surface area contributed by atoms with Crippen LogP contribution in [0.5, 0.6) is 0 Å². The Labute approximate surface area is 77.1 Å². The lowest BCUT2D eigenvalue weighted by molar-refractivity contribution is 0.104. The second-order valence-corrected chi connectivity index (χ2v) is 2.67. The van der Waals surface area contributed by atoms with Crippen molar-refractivity contribution in [1.82, 2.24) is 0 Å². The van der Waals surface area contributed by atoms with Gasteiger partial charge in [0, 0.05) is 11.1 Å². The number of benzene rings is 1. The Morgan fingerprint density at radius 2 is 2.00 bits per heavy atom. The van der Waals surface area contributed by atoms with E-state index in [2.05, 4.69) is 0 Å². The number of nitriles is 1. The zero-order valence-corrected chi connectivity index (χ0v) is 7.32. The Hall–Kier alpha value is -1.88. The van der Waals surface area contributed by atoms with Crippen molar-refractivity contribution in [2.45, 2.75) is 6.92 Å². The molecular formula is C11H9NO. The van der Waals surface area contributed by atoms with Crippen LogP contribution >= 0.6 is 0 Å². The molecule has 13 heavy (non-hydrogen) atoms. The van der Waals surface area contributed by atoms with Crippen molar-refractivity contribution in [2.24, 2.45) is 0 Å². The van der Waals surface area contributed by atoms with E-state index in [0.717, 1.165) is 0 Å². The van der Waals surface area contributed by atoms with E-state index in [9.17, 15) is 4.79 Å². The third-order valence-electron chi connectivity index (χ3n) is 1.58. The molecule has 1 aromatic carbocycles. The molecule has 0 unspecified atom stereocenters. The van der Waals surface area contributed by atoms with Gasteiger partial charge in [0.2, 0.25) is 0 Å². The largest absolute Gasteiger partial charge is 0.289 e. The zero-order valence-electron chi connectivity index (χ0n) is 7.32. The van der Waals surface area contributed by atoms with E-state index in [-0.39, 0.29) is 5.78 Å². The summed E-state index contributed by atoms with van der Waals surface area (Å²) in [5.74, 6) is -0.125. The van der Waals surface area contributed by atoms with Gasteiger partial charge in [-0.15, -0.1) is 0 Å². The molecule has 64 valence electrons. The number of nitrogens with zero attached hydrogens (tertiary/aromatic N) is 1. The van der Waals surface area contributed by atoms with Gasteiger partial charge in [0.15, 0.2) is 5.78 Å². The normalized spacial score (nSPS) is 10.6. The van der Waals surface area contributed by atoms with Crippen LogP contribution in [0.25, 0.3) is 0 Å². The molecule has 1 rings (SSSR count). The smallest absolute Gasteiger partial charge is 0.186 e. The van der Waals surface area contributed by atoms with E-state index in [1.165, 1.54) is 6.08 Å². The fourth-order valence-corrected chi connectivity index (χ4v) is 0.915. The van der Waals surface area contributed by atoms with Crippen LogP contribution in [0.4, 0.5) is 0 Å². The number of rotatable bonds is 2. The summed E-state index contributed by atoms with van der Waals surface area (Å²) in [5, 5.41) is 8.46. The fraction of sp³-hybridized carbons (Fsp3) is 0.0909. The van der Waals surface area contributed by atoms with Crippen LogP contribution in [0, 0.1) is 11.3 Å². The van der Waals surface area contributed by atoms with Crippen LogP contribution in [0.3, 0.4) is 0 Å². The van der Waals surface area contributed by atoms with Crippen molar-refractivity contribution < 1.29 is 4.79 Å². The minimum atomic E-state index is -0.125. The number of ketones is 1. The molecule has 0 radical (unpaired) electrons. The van der Waals surface area contributed by atoms with Crippen LogP contribution in [0.15, 0.2) is 42.0 Å². The van der Waals surface area contributed by atoms with Gasteiger partial charge in [0.1, 0.15) is 0 Å². The Kier molecular flexibility index (Phi) is 2.99. The monoisotopic (exact) mass is 171 g/mol. The summed E-state index contributed by atoms with van der Waals surface area (Å²) in [6.45, 7) is 1.61. The van der Waals surface area contributed by atoms with Gasteiger partial charge in [0.05, 0.1) is 6.07 Å². The molecule has 0 N–H and O–H groups in total. The van der Waals surface area contributed by atoms with Crippen molar-refractivity contribution >= 4 is 5.78 Å². The Morgan fingerprint density at radius 1 is 1.38 bits per heavy atom. The molecule has 0 fully saturated rings. The van der Waals surface area contributed by atoms with Crippen LogP contribution < -0.4 is 0 Å². The van der Waals surface area contributed by atoms with E-state index >= 15 is 0 Å². The number of allylic oxidation sites excluding steroid dienone is 2. The van der Waals surface area contributed by atoms with Crippen LogP contribution in [-0.4, -0.2) is 5.78 Å². The van der Waals surface area contributed by atoms with Gasteiger partial charge in [-0.2, -0.15) is 5.26 Å². The van der Waals surface area contributed by atoms with Gasteiger partial charge in [0.25, 0.3) is 0 Å². The lowest BCUT2D eigenvalue weighted by Gasteiger charge is -1.93. The highest BCUT2D eigenvalue weighted by Crippen LogP contribution is 2.02. The molecule has 2 heteroatoms. The van der Waals surface area contributed by atoms with Gasteiger partial charge >= 0.3 is 0 Å². The van der Waals surface area contributed by atoms with E-state index in [0.29, 0.717) is 11.1 Å². The second kappa shape index (κ2) is 4.22. The van der Waals surface area contributed by atoms with Crippen molar-refractivity contribution in [3.8, 4) is 6.07 Å². The average molecular weight is 171 g/mol. The summed E-state index contributed by atoms with van der Waals surface area (Å²) >= 11 is 0. The highest BCUT2D eigenvalue weighted by molar-refractivity contribution is 6.05. The highest BCUT2D eigenvalue weighted by atomic mass is 16.1. The minimum Gasteiger partial charge on any atom is -0.289 e. The predicted molar refractivity (Wildman–Crippen MR) is 50.1 cm³/mol. The molecular weight excluding hydrogens is 162 g/mol. The van der Waals surface area contributed by atoms with Crippen molar-refractivity contribution in [3.05, 3.63) is 47.5 Å². The fourth-order valence-electron chi connectivity index (χ4n) is 0.915. The quantitative estimate of drug-likeness (QED) is 0.389. The SMILES string of the molecule is C/C(C#N)=C\C(=O)c1ccccc1. The van der Waals surface area contributed by atoms with Gasteiger partial charge < -0.3 is 0 Å². The van der Waals surface area contributed by atoms with E-state index in [4.69, 9.17) is 5.26 Å². The molecule has 1 aromatic rings. The summed E-state index contributed by atoms with van der Waals surface area (Å²) in [5.41, 5.74) is 1.03. The first kappa shape index (κ1) is 9.21. The molecule has 0 heterocycles. The topological polar surface area (TPSA) is 40.9 Å². The molecule has 2 nitrogen and oxygen atoms in total. The summed E-state index contributed by atoms with van der Waals surface area (Å²) < 4.78 is 0. The summed E-state index contributed by atoms with van der Waals surface area (Å²) in [7, 11) is 0. The van der Waals surface area contributed by atoms with Gasteiger partial charge in [-0.05, 0) is 13.0 Å². The Balaban J connectivity index is 2.89. The maximum atomic E-state index is 11.4. The molecule has 0 aromatic heterocycles. The highest BCUT2D eigenvalue weighted by Gasteiger charge is 2.00. The van der Waals surface area contributed by atoms with Crippen molar-refractivity contribution in [3.63, 3.8) is 0 Å². The average Bonchev–Trinajstić information content (AvgIpc) is 2.19. The van der Waals surface area contributed by atoms with E-state index in [1.807, 2.05) is 12.1 Å². The summed E-state index contributed by atoms with van der Waals surface area (Å²) in [6, 6.07) is 10.8. The van der Waals surface area contributed by atoms with Crippen molar-refractivity contribution in [1.29, 1.82) is 5.26 Å².